The van der Waals surface area contributed by atoms with E-state index in [0.29, 0.717) is 17.5 Å². The normalized spacial score (nSPS) is 14.0. The smallest absolute Gasteiger partial charge is 0.164 e. The molecule has 1 spiro atoms. The molecule has 1 aliphatic heterocycles. The van der Waals surface area contributed by atoms with Crippen LogP contribution in [-0.4, -0.2) is 19.5 Å². The fraction of sp³-hybridized carbons (Fsp3) is 0.0656. The number of benzene rings is 9. The van der Waals surface area contributed by atoms with Gasteiger partial charge in [0, 0.05) is 49.7 Å². The molecule has 5 nitrogen and oxygen atoms in total. The monoisotopic (exact) mass is 846 g/mol. The van der Waals surface area contributed by atoms with Crippen molar-refractivity contribution in [3.05, 3.63) is 252 Å². The molecule has 0 unspecified atom stereocenters. The second-order valence-corrected chi connectivity index (χ2v) is 17.9. The van der Waals surface area contributed by atoms with Gasteiger partial charge in [-0.3, -0.25) is 0 Å². The number of aromatic nitrogens is 4. The maximum atomic E-state index is 6.82. The van der Waals surface area contributed by atoms with E-state index >= 15 is 0 Å². The zero-order chi connectivity index (χ0) is 44.0. The van der Waals surface area contributed by atoms with Crippen molar-refractivity contribution in [1.82, 2.24) is 19.5 Å². The number of fused-ring (bicyclic) bond motifs is 11. The average Bonchev–Trinajstić information content (AvgIpc) is 3.72. The van der Waals surface area contributed by atoms with Gasteiger partial charge in [0.15, 0.2) is 17.5 Å². The Bertz CT molecular complexity index is 3610. The van der Waals surface area contributed by atoms with Crippen molar-refractivity contribution in [3.8, 4) is 62.5 Å². The van der Waals surface area contributed by atoms with Gasteiger partial charge >= 0.3 is 0 Å². The van der Waals surface area contributed by atoms with Crippen LogP contribution in [0.2, 0.25) is 0 Å². The lowest BCUT2D eigenvalue weighted by molar-refractivity contribution is 0.425. The van der Waals surface area contributed by atoms with E-state index in [1.807, 2.05) is 18.2 Å². The molecule has 0 atom stereocenters. The van der Waals surface area contributed by atoms with Gasteiger partial charge in [0.25, 0.3) is 0 Å². The highest BCUT2D eigenvalue weighted by Gasteiger charge is 2.52. The van der Waals surface area contributed by atoms with Crippen LogP contribution in [0, 0.1) is 0 Å². The van der Waals surface area contributed by atoms with E-state index in [0.717, 1.165) is 56.1 Å². The van der Waals surface area contributed by atoms with Crippen molar-refractivity contribution in [2.24, 2.45) is 0 Å². The van der Waals surface area contributed by atoms with Crippen LogP contribution in [0.25, 0.3) is 72.8 Å². The molecule has 312 valence electrons. The van der Waals surface area contributed by atoms with Crippen molar-refractivity contribution in [2.75, 3.05) is 0 Å². The van der Waals surface area contributed by atoms with Crippen LogP contribution in [0.3, 0.4) is 0 Å². The van der Waals surface area contributed by atoms with Crippen LogP contribution in [0.15, 0.2) is 218 Å². The van der Waals surface area contributed by atoms with E-state index in [4.69, 9.17) is 19.7 Å². The van der Waals surface area contributed by atoms with Gasteiger partial charge in [-0.15, -0.1) is 0 Å². The standard InChI is InChI=1S/C61H42N4O/c1-60(2)47-23-8-10-25-49(47)61(50-26-11-9-24-48(50)60)51-27-12-15-30-55(51)66-56-36-33-42(38-52(56)61)41-19-16-20-43(37-41)59-63-57(39-17-4-3-5-18-39)62-58(64-59)40-31-34-44(35-32-40)65-53-28-13-6-21-45(53)46-22-7-14-29-54(46)65/h3-38H,1-2H3. The van der Waals surface area contributed by atoms with Crippen molar-refractivity contribution in [1.29, 1.82) is 0 Å². The van der Waals surface area contributed by atoms with Crippen LogP contribution in [0.1, 0.15) is 47.2 Å². The minimum atomic E-state index is -0.606. The van der Waals surface area contributed by atoms with Gasteiger partial charge < -0.3 is 9.30 Å². The fourth-order valence-corrected chi connectivity index (χ4v) is 10.9. The van der Waals surface area contributed by atoms with Gasteiger partial charge in [0.1, 0.15) is 11.5 Å². The molecular weight excluding hydrogens is 805 g/mol. The summed E-state index contributed by atoms with van der Waals surface area (Å²) >= 11 is 0. The lowest BCUT2D eigenvalue weighted by atomic mass is 9.53. The van der Waals surface area contributed by atoms with Gasteiger partial charge in [-0.1, -0.05) is 172 Å². The summed E-state index contributed by atoms with van der Waals surface area (Å²) in [5.74, 6) is 3.58. The summed E-state index contributed by atoms with van der Waals surface area (Å²) < 4.78 is 9.15. The van der Waals surface area contributed by atoms with E-state index in [2.05, 4.69) is 219 Å². The second kappa shape index (κ2) is 14.6. The Morgan fingerprint density at radius 2 is 0.803 bits per heavy atom. The number of para-hydroxylation sites is 3. The molecular formula is C61H42N4O. The Kier molecular flexibility index (Phi) is 8.40. The third kappa shape index (κ3) is 5.63. The van der Waals surface area contributed by atoms with Gasteiger partial charge in [0.05, 0.1) is 16.4 Å². The number of rotatable bonds is 5. The molecule has 11 aromatic rings. The summed E-state index contributed by atoms with van der Waals surface area (Å²) in [6.45, 7) is 4.70. The molecule has 0 amide bonds. The highest BCUT2D eigenvalue weighted by molar-refractivity contribution is 6.09. The van der Waals surface area contributed by atoms with E-state index in [9.17, 15) is 0 Å². The third-order valence-electron chi connectivity index (χ3n) is 14.0. The molecule has 1 aliphatic carbocycles. The fourth-order valence-electron chi connectivity index (χ4n) is 10.9. The molecule has 0 fully saturated rings. The molecule has 0 radical (unpaired) electrons. The van der Waals surface area contributed by atoms with Crippen LogP contribution < -0.4 is 4.74 Å². The molecule has 3 heterocycles. The zero-order valence-electron chi connectivity index (χ0n) is 36.5. The molecule has 2 aliphatic rings. The molecule has 0 saturated carbocycles. The summed E-state index contributed by atoms with van der Waals surface area (Å²) in [5.41, 5.74) is 15.0. The SMILES string of the molecule is CC1(C)c2ccccc2C2(c3ccccc3Oc3ccc(-c4cccc(-c5nc(-c6ccccc6)nc(-c6ccc(-n7c8ccccc8c8ccccc87)cc6)n5)c4)cc32)c2ccccc21. The molecule has 0 bridgehead atoms. The minimum Gasteiger partial charge on any atom is -0.457 e. The van der Waals surface area contributed by atoms with Gasteiger partial charge in [-0.05, 0) is 94.0 Å². The first-order chi connectivity index (χ1) is 32.5. The molecule has 2 aromatic heterocycles. The summed E-state index contributed by atoms with van der Waals surface area (Å²) in [4.78, 5) is 15.4. The van der Waals surface area contributed by atoms with Gasteiger partial charge in [-0.25, -0.2) is 15.0 Å². The molecule has 13 rings (SSSR count). The molecule has 0 saturated heterocycles. The maximum Gasteiger partial charge on any atom is 0.164 e. The lowest BCUT2D eigenvalue weighted by Crippen LogP contribution is -2.43. The number of ether oxygens (including phenoxy) is 1. The highest BCUT2D eigenvalue weighted by Crippen LogP contribution is 2.61. The maximum absolute atomic E-state index is 6.82. The lowest BCUT2D eigenvalue weighted by Gasteiger charge is -2.50. The molecule has 5 heteroatoms. The Balaban J connectivity index is 0.946. The van der Waals surface area contributed by atoms with E-state index in [-0.39, 0.29) is 5.41 Å². The third-order valence-corrected chi connectivity index (χ3v) is 14.0. The van der Waals surface area contributed by atoms with Crippen LogP contribution in [0.4, 0.5) is 0 Å². The average molecular weight is 847 g/mol. The molecule has 0 N–H and O–H groups in total. The first-order valence-electron chi connectivity index (χ1n) is 22.6. The summed E-state index contributed by atoms with van der Waals surface area (Å²) in [7, 11) is 0. The van der Waals surface area contributed by atoms with Crippen molar-refractivity contribution < 1.29 is 4.74 Å². The largest absolute Gasteiger partial charge is 0.457 e. The van der Waals surface area contributed by atoms with Crippen molar-refractivity contribution in [2.45, 2.75) is 24.7 Å². The Morgan fingerprint density at radius 1 is 0.348 bits per heavy atom. The van der Waals surface area contributed by atoms with Crippen molar-refractivity contribution in [3.63, 3.8) is 0 Å². The summed E-state index contributed by atoms with van der Waals surface area (Å²) in [6.07, 6.45) is 0. The molecule has 66 heavy (non-hydrogen) atoms. The summed E-state index contributed by atoms with van der Waals surface area (Å²) in [6, 6.07) is 77.7. The van der Waals surface area contributed by atoms with Crippen LogP contribution >= 0.6 is 0 Å². The number of nitrogens with zero attached hydrogens (tertiary/aromatic N) is 4. The number of hydrogen-bond acceptors (Lipinski definition) is 4. The Labute approximate surface area is 383 Å². The van der Waals surface area contributed by atoms with Crippen LogP contribution in [-0.2, 0) is 10.8 Å². The van der Waals surface area contributed by atoms with E-state index in [1.54, 1.807) is 0 Å². The zero-order valence-corrected chi connectivity index (χ0v) is 36.5. The second-order valence-electron chi connectivity index (χ2n) is 17.9. The van der Waals surface area contributed by atoms with E-state index < -0.39 is 5.41 Å². The molecule has 9 aromatic carbocycles. The Morgan fingerprint density at radius 3 is 1.45 bits per heavy atom. The topological polar surface area (TPSA) is 52.8 Å². The highest BCUT2D eigenvalue weighted by atomic mass is 16.5. The van der Waals surface area contributed by atoms with E-state index in [1.165, 1.54) is 44.1 Å². The van der Waals surface area contributed by atoms with Gasteiger partial charge in [0.2, 0.25) is 0 Å². The predicted octanol–water partition coefficient (Wildman–Crippen LogP) is 14.8. The Hall–Kier alpha value is -8.41. The summed E-state index contributed by atoms with van der Waals surface area (Å²) in [5, 5.41) is 2.47. The van der Waals surface area contributed by atoms with Crippen LogP contribution in [0.5, 0.6) is 11.5 Å². The predicted molar refractivity (Wildman–Crippen MR) is 266 cm³/mol. The first-order valence-corrected chi connectivity index (χ1v) is 22.6. The first kappa shape index (κ1) is 38.1. The minimum absolute atomic E-state index is 0.200. The van der Waals surface area contributed by atoms with Crippen molar-refractivity contribution >= 4 is 21.8 Å². The quantitative estimate of drug-likeness (QED) is 0.173. The van der Waals surface area contributed by atoms with Gasteiger partial charge in [-0.2, -0.15) is 0 Å². The number of hydrogen-bond donors (Lipinski definition) is 0.